The summed E-state index contributed by atoms with van der Waals surface area (Å²) >= 11 is 0. The quantitative estimate of drug-likeness (QED) is 0.534. The van der Waals surface area contributed by atoms with Crippen molar-refractivity contribution in [3.63, 3.8) is 0 Å². The number of carbonyl (C=O) groups is 2. The molecule has 8 nitrogen and oxygen atoms in total. The van der Waals surface area contributed by atoms with Gasteiger partial charge in [0.25, 0.3) is 11.6 Å². The third-order valence-electron chi connectivity index (χ3n) is 5.04. The van der Waals surface area contributed by atoms with E-state index in [-0.39, 0.29) is 35.7 Å². The van der Waals surface area contributed by atoms with Crippen molar-refractivity contribution in [1.29, 1.82) is 0 Å². The Labute approximate surface area is 175 Å². The molecule has 1 aliphatic rings. The van der Waals surface area contributed by atoms with Crippen LogP contribution in [0.1, 0.15) is 26.3 Å². The van der Waals surface area contributed by atoms with Gasteiger partial charge in [0.1, 0.15) is 12.3 Å². The minimum absolute atomic E-state index is 0.127. The van der Waals surface area contributed by atoms with Crippen LogP contribution >= 0.6 is 0 Å². The van der Waals surface area contributed by atoms with Gasteiger partial charge in [0.15, 0.2) is 6.10 Å². The summed E-state index contributed by atoms with van der Waals surface area (Å²) < 4.78 is 5.80. The Balaban J connectivity index is 1.98. The van der Waals surface area contributed by atoms with Gasteiger partial charge in [-0.1, -0.05) is 26.0 Å². The van der Waals surface area contributed by atoms with Crippen LogP contribution < -0.4 is 14.5 Å². The number of likely N-dealkylation sites (N-methyl/N-ethyl adjacent to an activating group) is 1. The molecule has 2 aromatic carbocycles. The Kier molecular flexibility index (Phi) is 6.05. The molecule has 158 valence electrons. The molecule has 30 heavy (non-hydrogen) atoms. The van der Waals surface area contributed by atoms with Crippen molar-refractivity contribution in [3.05, 3.63) is 58.1 Å². The molecule has 0 bridgehead atoms. The zero-order chi connectivity index (χ0) is 22.0. The lowest BCUT2D eigenvalue weighted by Gasteiger charge is -2.36. The number of anilines is 2. The number of hydrogen-bond donors (Lipinski definition) is 0. The Morgan fingerprint density at radius 1 is 1.27 bits per heavy atom. The summed E-state index contributed by atoms with van der Waals surface area (Å²) in [5.74, 6) is -0.437. The molecule has 8 heteroatoms. The highest BCUT2D eigenvalue weighted by molar-refractivity contribution is 6.07. The number of ether oxygens (including phenoxy) is 1. The SMILES string of the molecule is CCN(C(=O)CN1C(=O)C(C(C)C)Oc2ccc([N+](=O)[O-])cc21)c1cccc(C)c1. The van der Waals surface area contributed by atoms with Crippen LogP contribution in [-0.2, 0) is 9.59 Å². The smallest absolute Gasteiger partial charge is 0.271 e. The molecule has 3 rings (SSSR count). The third-order valence-corrected chi connectivity index (χ3v) is 5.04. The topological polar surface area (TPSA) is 93.0 Å². The van der Waals surface area contributed by atoms with Crippen LogP contribution in [-0.4, -0.2) is 35.9 Å². The summed E-state index contributed by atoms with van der Waals surface area (Å²) in [7, 11) is 0. The van der Waals surface area contributed by atoms with Crippen molar-refractivity contribution in [3.8, 4) is 5.75 Å². The maximum atomic E-state index is 13.2. The molecule has 0 saturated carbocycles. The molecule has 1 unspecified atom stereocenters. The van der Waals surface area contributed by atoms with Crippen molar-refractivity contribution in [2.24, 2.45) is 5.92 Å². The molecule has 2 aromatic rings. The second kappa shape index (κ2) is 8.52. The van der Waals surface area contributed by atoms with Gasteiger partial charge in [0, 0.05) is 24.4 Å². The minimum atomic E-state index is -0.763. The van der Waals surface area contributed by atoms with E-state index >= 15 is 0 Å². The van der Waals surface area contributed by atoms with E-state index in [4.69, 9.17) is 4.74 Å². The number of hydrogen-bond acceptors (Lipinski definition) is 5. The van der Waals surface area contributed by atoms with E-state index in [1.54, 1.807) is 4.90 Å². The summed E-state index contributed by atoms with van der Waals surface area (Å²) in [4.78, 5) is 39.9. The fraction of sp³-hybridized carbons (Fsp3) is 0.364. The van der Waals surface area contributed by atoms with Gasteiger partial charge in [-0.15, -0.1) is 0 Å². The Hall–Kier alpha value is -3.42. The second-order valence-corrected chi connectivity index (χ2v) is 7.59. The van der Waals surface area contributed by atoms with Crippen LogP contribution in [0.15, 0.2) is 42.5 Å². The van der Waals surface area contributed by atoms with Gasteiger partial charge in [-0.2, -0.15) is 0 Å². The highest BCUT2D eigenvalue weighted by Crippen LogP contribution is 2.38. The predicted molar refractivity (Wildman–Crippen MR) is 114 cm³/mol. The molecule has 0 N–H and O–H groups in total. The number of amides is 2. The number of rotatable bonds is 6. The van der Waals surface area contributed by atoms with E-state index in [0.717, 1.165) is 11.3 Å². The van der Waals surface area contributed by atoms with Crippen LogP contribution in [0.4, 0.5) is 17.1 Å². The van der Waals surface area contributed by atoms with E-state index in [1.807, 2.05) is 52.0 Å². The van der Waals surface area contributed by atoms with Crippen molar-refractivity contribution < 1.29 is 19.2 Å². The maximum absolute atomic E-state index is 13.2. The number of nitro benzene ring substituents is 1. The molecule has 0 fully saturated rings. The van der Waals surface area contributed by atoms with Gasteiger partial charge >= 0.3 is 0 Å². The van der Waals surface area contributed by atoms with Gasteiger partial charge in [-0.3, -0.25) is 24.6 Å². The van der Waals surface area contributed by atoms with Crippen molar-refractivity contribution in [2.75, 3.05) is 22.9 Å². The zero-order valence-corrected chi connectivity index (χ0v) is 17.5. The molecular weight excluding hydrogens is 386 g/mol. The number of fused-ring (bicyclic) bond motifs is 1. The first-order valence-electron chi connectivity index (χ1n) is 9.86. The molecule has 1 atom stereocenters. The number of non-ortho nitro benzene ring substituents is 1. The van der Waals surface area contributed by atoms with Crippen molar-refractivity contribution in [1.82, 2.24) is 0 Å². The summed E-state index contributed by atoms with van der Waals surface area (Å²) in [6, 6.07) is 11.6. The minimum Gasteiger partial charge on any atom is -0.478 e. The average Bonchev–Trinajstić information content (AvgIpc) is 2.69. The molecular formula is C22H25N3O5. The second-order valence-electron chi connectivity index (χ2n) is 7.59. The highest BCUT2D eigenvalue weighted by Gasteiger charge is 2.38. The Morgan fingerprint density at radius 3 is 2.60 bits per heavy atom. The number of nitro groups is 1. The lowest BCUT2D eigenvalue weighted by Crippen LogP contribution is -2.52. The normalized spacial score (nSPS) is 15.6. The monoisotopic (exact) mass is 411 g/mol. The molecule has 0 radical (unpaired) electrons. The average molecular weight is 411 g/mol. The summed E-state index contributed by atoms with van der Waals surface area (Å²) in [6.45, 7) is 7.69. The van der Waals surface area contributed by atoms with Crippen LogP contribution in [0, 0.1) is 23.0 Å². The van der Waals surface area contributed by atoms with Gasteiger partial charge in [0.05, 0.1) is 10.6 Å². The first-order chi connectivity index (χ1) is 14.2. The van der Waals surface area contributed by atoms with Crippen LogP contribution in [0.2, 0.25) is 0 Å². The molecule has 0 spiro atoms. The van der Waals surface area contributed by atoms with Crippen LogP contribution in [0.25, 0.3) is 0 Å². The first kappa shape index (κ1) is 21.3. The Bertz CT molecular complexity index is 988. The lowest BCUT2D eigenvalue weighted by atomic mass is 10.0. The fourth-order valence-corrected chi connectivity index (χ4v) is 3.49. The summed E-state index contributed by atoms with van der Waals surface area (Å²) in [5.41, 5.74) is 1.82. The standard InChI is InChI=1S/C22H25N3O5/c1-5-23(16-8-6-7-15(4)11-16)20(26)13-24-18-12-17(25(28)29)9-10-19(18)30-21(14(2)3)22(24)27/h6-12,14,21H,5,13H2,1-4H3. The first-order valence-corrected chi connectivity index (χ1v) is 9.86. The van der Waals surface area contributed by atoms with Gasteiger partial charge in [-0.05, 0) is 43.5 Å². The summed E-state index contributed by atoms with van der Waals surface area (Å²) in [5, 5.41) is 11.2. The third kappa shape index (κ3) is 4.12. The predicted octanol–water partition coefficient (Wildman–Crippen LogP) is 3.71. The van der Waals surface area contributed by atoms with Gasteiger partial charge in [-0.25, -0.2) is 0 Å². The summed E-state index contributed by atoms with van der Waals surface area (Å²) in [6.07, 6.45) is -0.763. The largest absolute Gasteiger partial charge is 0.478 e. The number of nitrogens with zero attached hydrogens (tertiary/aromatic N) is 3. The van der Waals surface area contributed by atoms with E-state index < -0.39 is 11.0 Å². The fourth-order valence-electron chi connectivity index (χ4n) is 3.49. The van der Waals surface area contributed by atoms with Gasteiger partial charge in [0.2, 0.25) is 5.91 Å². The number of aryl methyl sites for hydroxylation is 1. The highest BCUT2D eigenvalue weighted by atomic mass is 16.6. The van der Waals surface area contributed by atoms with E-state index in [1.165, 1.54) is 23.1 Å². The van der Waals surface area contributed by atoms with Crippen LogP contribution in [0.3, 0.4) is 0 Å². The Morgan fingerprint density at radius 2 is 2.00 bits per heavy atom. The van der Waals surface area contributed by atoms with Crippen molar-refractivity contribution >= 4 is 28.9 Å². The molecule has 2 amide bonds. The molecule has 1 aliphatic heterocycles. The lowest BCUT2D eigenvalue weighted by molar-refractivity contribution is -0.384. The molecule has 1 heterocycles. The van der Waals surface area contributed by atoms with E-state index in [9.17, 15) is 19.7 Å². The van der Waals surface area contributed by atoms with Crippen LogP contribution in [0.5, 0.6) is 5.75 Å². The van der Waals surface area contributed by atoms with Gasteiger partial charge < -0.3 is 9.64 Å². The molecule has 0 aromatic heterocycles. The maximum Gasteiger partial charge on any atom is 0.271 e. The molecule has 0 saturated heterocycles. The zero-order valence-electron chi connectivity index (χ0n) is 17.5. The van der Waals surface area contributed by atoms with E-state index in [0.29, 0.717) is 12.3 Å². The number of carbonyl (C=O) groups excluding carboxylic acids is 2. The number of benzene rings is 2. The van der Waals surface area contributed by atoms with E-state index in [2.05, 4.69) is 0 Å². The van der Waals surface area contributed by atoms with Crippen molar-refractivity contribution in [2.45, 2.75) is 33.8 Å². The molecule has 0 aliphatic carbocycles.